The number of anilines is 2. The number of rotatable bonds is 5. The molecular formula is C16H25N3O2. The first-order valence-electron chi connectivity index (χ1n) is 7.68. The number of carbonyl (C=O) groups is 1. The summed E-state index contributed by atoms with van der Waals surface area (Å²) in [6.45, 7) is 3.15. The van der Waals surface area contributed by atoms with Crippen LogP contribution in [-0.2, 0) is 4.74 Å². The monoisotopic (exact) mass is 291 g/mol. The average molecular weight is 291 g/mol. The molecule has 1 aromatic heterocycles. The third-order valence-electron chi connectivity index (χ3n) is 4.29. The summed E-state index contributed by atoms with van der Waals surface area (Å²) in [5, 5.41) is 3.25. The zero-order valence-corrected chi connectivity index (χ0v) is 12.9. The maximum atomic E-state index is 11.7. The highest BCUT2D eigenvalue weighted by Crippen LogP contribution is 2.30. The molecule has 1 aliphatic carbocycles. The first-order chi connectivity index (χ1) is 10.1. The molecule has 2 rings (SSSR count). The van der Waals surface area contributed by atoms with E-state index in [9.17, 15) is 4.79 Å². The molecule has 21 heavy (non-hydrogen) atoms. The molecule has 0 aromatic carbocycles. The van der Waals surface area contributed by atoms with E-state index in [1.54, 1.807) is 12.3 Å². The van der Waals surface area contributed by atoms with E-state index in [0.717, 1.165) is 24.8 Å². The summed E-state index contributed by atoms with van der Waals surface area (Å²) in [7, 11) is 1.36. The molecule has 3 N–H and O–H groups in total. The summed E-state index contributed by atoms with van der Waals surface area (Å²) in [6.07, 6.45) is 7.94. The van der Waals surface area contributed by atoms with Crippen molar-refractivity contribution < 1.29 is 9.53 Å². The van der Waals surface area contributed by atoms with Crippen molar-refractivity contribution >= 4 is 17.5 Å². The lowest BCUT2D eigenvalue weighted by molar-refractivity contribution is 0.0601. The highest BCUT2D eigenvalue weighted by atomic mass is 16.5. The van der Waals surface area contributed by atoms with Crippen LogP contribution in [0.4, 0.5) is 11.5 Å². The second-order valence-electron chi connectivity index (χ2n) is 6.00. The fourth-order valence-corrected chi connectivity index (χ4v) is 2.90. The number of carbonyl (C=O) groups excluding carboxylic acids is 1. The number of esters is 1. The van der Waals surface area contributed by atoms with Crippen LogP contribution < -0.4 is 11.1 Å². The first kappa shape index (κ1) is 15.6. The molecule has 0 bridgehead atoms. The third kappa shape index (κ3) is 4.34. The number of ether oxygens (including phenoxy) is 1. The van der Waals surface area contributed by atoms with Gasteiger partial charge in [-0.1, -0.05) is 32.6 Å². The van der Waals surface area contributed by atoms with Gasteiger partial charge in [0.1, 0.15) is 11.4 Å². The number of hydrogen-bond acceptors (Lipinski definition) is 5. The number of nitrogens with two attached hydrogens (primary N) is 1. The Bertz CT molecular complexity index is 482. The molecule has 1 heterocycles. The topological polar surface area (TPSA) is 77.2 Å². The lowest BCUT2D eigenvalue weighted by atomic mass is 9.81. The van der Waals surface area contributed by atoms with Crippen LogP contribution >= 0.6 is 0 Å². The Morgan fingerprint density at radius 1 is 1.43 bits per heavy atom. The van der Waals surface area contributed by atoms with Gasteiger partial charge in [0.15, 0.2) is 0 Å². The van der Waals surface area contributed by atoms with Crippen molar-refractivity contribution in [3.05, 3.63) is 17.8 Å². The van der Waals surface area contributed by atoms with Crippen molar-refractivity contribution in [2.75, 3.05) is 24.7 Å². The van der Waals surface area contributed by atoms with Crippen molar-refractivity contribution in [3.8, 4) is 0 Å². The minimum atomic E-state index is -0.413. The predicted octanol–water partition coefficient (Wildman–Crippen LogP) is 3.08. The Hall–Kier alpha value is -1.78. The van der Waals surface area contributed by atoms with Crippen molar-refractivity contribution in [2.24, 2.45) is 11.8 Å². The molecule has 1 saturated carbocycles. The maximum absolute atomic E-state index is 11.7. The van der Waals surface area contributed by atoms with E-state index in [-0.39, 0.29) is 0 Å². The minimum Gasteiger partial charge on any atom is -0.465 e. The fraction of sp³-hybridized carbons (Fsp3) is 0.625. The van der Waals surface area contributed by atoms with Crippen molar-refractivity contribution in [3.63, 3.8) is 0 Å². The van der Waals surface area contributed by atoms with Crippen LogP contribution in [0.2, 0.25) is 0 Å². The number of methoxy groups -OCH3 is 1. The molecule has 1 fully saturated rings. The number of aromatic nitrogens is 1. The van der Waals surface area contributed by atoms with E-state index in [1.165, 1.54) is 32.8 Å². The number of nitrogen functional groups attached to an aromatic ring is 1. The third-order valence-corrected chi connectivity index (χ3v) is 4.29. The number of nitrogens with one attached hydrogen (secondary N) is 1. The smallest absolute Gasteiger partial charge is 0.341 e. The van der Waals surface area contributed by atoms with E-state index >= 15 is 0 Å². The molecule has 0 aliphatic heterocycles. The Labute approximate surface area is 126 Å². The van der Waals surface area contributed by atoms with Crippen LogP contribution in [0.3, 0.4) is 0 Å². The van der Waals surface area contributed by atoms with E-state index in [1.807, 2.05) is 0 Å². The van der Waals surface area contributed by atoms with Gasteiger partial charge < -0.3 is 15.8 Å². The van der Waals surface area contributed by atoms with Gasteiger partial charge in [-0.15, -0.1) is 0 Å². The van der Waals surface area contributed by atoms with E-state index < -0.39 is 5.97 Å². The van der Waals surface area contributed by atoms with Gasteiger partial charge in [-0.25, -0.2) is 9.78 Å². The molecule has 0 spiro atoms. The largest absolute Gasteiger partial charge is 0.465 e. The molecule has 1 aromatic rings. The molecule has 5 nitrogen and oxygen atoms in total. The number of hydrogen-bond donors (Lipinski definition) is 2. The molecule has 0 amide bonds. The summed E-state index contributed by atoms with van der Waals surface area (Å²) in [6, 6.07) is 1.60. The van der Waals surface area contributed by atoms with Gasteiger partial charge in [0.25, 0.3) is 0 Å². The van der Waals surface area contributed by atoms with Gasteiger partial charge in [0.05, 0.1) is 19.0 Å². The Balaban J connectivity index is 1.89. The second-order valence-corrected chi connectivity index (χ2v) is 6.00. The molecular weight excluding hydrogens is 266 g/mol. The molecule has 0 unspecified atom stereocenters. The molecule has 116 valence electrons. The molecule has 0 radical (unpaired) electrons. The van der Waals surface area contributed by atoms with Crippen molar-refractivity contribution in [2.45, 2.75) is 39.0 Å². The predicted molar refractivity (Wildman–Crippen MR) is 84.2 cm³/mol. The van der Waals surface area contributed by atoms with Gasteiger partial charge in [0, 0.05) is 6.54 Å². The summed E-state index contributed by atoms with van der Waals surface area (Å²) >= 11 is 0. The highest BCUT2D eigenvalue weighted by Gasteiger charge is 2.18. The van der Waals surface area contributed by atoms with Gasteiger partial charge in [-0.05, 0) is 24.3 Å². The van der Waals surface area contributed by atoms with Crippen LogP contribution in [-0.4, -0.2) is 24.6 Å². The van der Waals surface area contributed by atoms with Crippen LogP contribution in [0, 0.1) is 11.8 Å². The molecule has 5 heteroatoms. The van der Waals surface area contributed by atoms with Crippen molar-refractivity contribution in [1.29, 1.82) is 0 Å². The summed E-state index contributed by atoms with van der Waals surface area (Å²) in [4.78, 5) is 15.9. The lowest BCUT2D eigenvalue weighted by Crippen LogP contribution is -2.17. The van der Waals surface area contributed by atoms with Gasteiger partial charge in [-0.3, -0.25) is 0 Å². The standard InChI is InChI=1S/C16H25N3O2/c1-11-3-5-12(6-4-11)7-8-18-15-14(16(20)21-2)9-13(17)10-19-15/h9-12H,3-8,17H2,1-2H3,(H,18,19). The maximum Gasteiger partial charge on any atom is 0.341 e. The van der Waals surface area contributed by atoms with E-state index in [2.05, 4.69) is 17.2 Å². The number of pyridine rings is 1. The van der Waals surface area contributed by atoms with Gasteiger partial charge in [-0.2, -0.15) is 0 Å². The molecule has 0 saturated heterocycles. The summed E-state index contributed by atoms with van der Waals surface area (Å²) in [5.74, 6) is 1.80. The van der Waals surface area contributed by atoms with E-state index in [4.69, 9.17) is 10.5 Å². The van der Waals surface area contributed by atoms with Crippen LogP contribution in [0.5, 0.6) is 0 Å². The summed E-state index contributed by atoms with van der Waals surface area (Å²) in [5.41, 5.74) is 6.54. The Morgan fingerprint density at radius 2 is 2.14 bits per heavy atom. The van der Waals surface area contributed by atoms with E-state index in [0.29, 0.717) is 17.1 Å². The first-order valence-corrected chi connectivity index (χ1v) is 7.68. The van der Waals surface area contributed by atoms with Gasteiger partial charge >= 0.3 is 5.97 Å². The summed E-state index contributed by atoms with van der Waals surface area (Å²) < 4.78 is 4.77. The van der Waals surface area contributed by atoms with Crippen LogP contribution in [0.25, 0.3) is 0 Å². The van der Waals surface area contributed by atoms with Crippen LogP contribution in [0.1, 0.15) is 49.4 Å². The molecule has 1 aliphatic rings. The van der Waals surface area contributed by atoms with Crippen molar-refractivity contribution in [1.82, 2.24) is 4.98 Å². The average Bonchev–Trinajstić information content (AvgIpc) is 2.50. The van der Waals surface area contributed by atoms with Gasteiger partial charge in [0.2, 0.25) is 0 Å². The fourth-order valence-electron chi connectivity index (χ4n) is 2.90. The Morgan fingerprint density at radius 3 is 2.81 bits per heavy atom. The minimum absolute atomic E-state index is 0.398. The van der Waals surface area contributed by atoms with Crippen LogP contribution in [0.15, 0.2) is 12.3 Å². The quantitative estimate of drug-likeness (QED) is 0.815. The molecule has 0 atom stereocenters. The number of nitrogens with zero attached hydrogens (tertiary/aromatic N) is 1. The Kier molecular flexibility index (Phi) is 5.42. The SMILES string of the molecule is COC(=O)c1cc(N)cnc1NCCC1CCC(C)CC1. The lowest BCUT2D eigenvalue weighted by Gasteiger charge is -2.26. The zero-order valence-electron chi connectivity index (χ0n) is 12.9. The zero-order chi connectivity index (χ0) is 15.2. The highest BCUT2D eigenvalue weighted by molar-refractivity contribution is 5.95. The normalized spacial score (nSPS) is 21.8. The second kappa shape index (κ2) is 7.29.